The fourth-order valence-corrected chi connectivity index (χ4v) is 1.54. The molecule has 18 heavy (non-hydrogen) atoms. The monoisotopic (exact) mass is 247 g/mol. The van der Waals surface area contributed by atoms with Crippen molar-refractivity contribution < 1.29 is 9.90 Å². The highest BCUT2D eigenvalue weighted by Crippen LogP contribution is 2.13. The second-order valence-corrected chi connectivity index (χ2v) is 3.83. The number of anilines is 1. The Bertz CT molecular complexity index is 553. The molecule has 0 unspecified atom stereocenters. The molecule has 0 saturated heterocycles. The lowest BCUT2D eigenvalue weighted by Gasteiger charge is -2.16. The summed E-state index contributed by atoms with van der Waals surface area (Å²) in [7, 11) is 1.67. The third-order valence-corrected chi connectivity index (χ3v) is 2.31. The van der Waals surface area contributed by atoms with E-state index in [9.17, 15) is 4.79 Å². The quantitative estimate of drug-likeness (QED) is 0.846. The zero-order valence-corrected chi connectivity index (χ0v) is 10.1. The average molecular weight is 247 g/mol. The first-order chi connectivity index (χ1) is 8.56. The van der Waals surface area contributed by atoms with E-state index in [-0.39, 0.29) is 6.54 Å². The Kier molecular flexibility index (Phi) is 3.22. The highest BCUT2D eigenvalue weighted by Gasteiger charge is 2.10. The van der Waals surface area contributed by atoms with Gasteiger partial charge in [-0.05, 0) is 13.0 Å². The molecule has 0 saturated carbocycles. The van der Waals surface area contributed by atoms with Gasteiger partial charge in [-0.15, -0.1) is 0 Å². The van der Waals surface area contributed by atoms with Crippen molar-refractivity contribution in [2.24, 2.45) is 0 Å². The van der Waals surface area contributed by atoms with Crippen LogP contribution in [0.3, 0.4) is 0 Å². The van der Waals surface area contributed by atoms with Gasteiger partial charge in [-0.1, -0.05) is 0 Å². The number of rotatable bonds is 4. The highest BCUT2D eigenvalue weighted by atomic mass is 16.4. The van der Waals surface area contributed by atoms with Gasteiger partial charge in [-0.3, -0.25) is 4.79 Å². The maximum absolute atomic E-state index is 10.7. The summed E-state index contributed by atoms with van der Waals surface area (Å²) in [6.45, 7) is 1.64. The molecule has 0 aliphatic heterocycles. The fourth-order valence-electron chi connectivity index (χ4n) is 1.54. The molecule has 0 aromatic carbocycles. The average Bonchev–Trinajstić information content (AvgIpc) is 2.80. The Morgan fingerprint density at radius 3 is 2.89 bits per heavy atom. The summed E-state index contributed by atoms with van der Waals surface area (Å²) in [5.41, 5.74) is 0. The van der Waals surface area contributed by atoms with E-state index in [0.717, 1.165) is 0 Å². The van der Waals surface area contributed by atoms with Crippen LogP contribution in [0.4, 0.5) is 5.82 Å². The van der Waals surface area contributed by atoms with Gasteiger partial charge in [-0.25, -0.2) is 14.6 Å². The van der Waals surface area contributed by atoms with Gasteiger partial charge in [0.2, 0.25) is 0 Å². The number of carbonyl (C=O) groups is 1. The van der Waals surface area contributed by atoms with Crippen LogP contribution in [0.5, 0.6) is 0 Å². The molecular formula is C11H13N5O2. The van der Waals surface area contributed by atoms with Gasteiger partial charge in [0.1, 0.15) is 18.2 Å². The lowest BCUT2D eigenvalue weighted by molar-refractivity contribution is -0.135. The number of hydrogen-bond donors (Lipinski definition) is 1. The fraction of sp³-hybridized carbons (Fsp3) is 0.273. The minimum Gasteiger partial charge on any atom is -0.480 e. The first-order valence-electron chi connectivity index (χ1n) is 5.35. The molecule has 7 nitrogen and oxygen atoms in total. The predicted molar refractivity (Wildman–Crippen MR) is 64.8 cm³/mol. The van der Waals surface area contributed by atoms with E-state index in [0.29, 0.717) is 17.5 Å². The number of carboxylic acid groups (broad SMARTS) is 1. The zero-order chi connectivity index (χ0) is 13.1. The van der Waals surface area contributed by atoms with Crippen LogP contribution in [0.15, 0.2) is 24.5 Å². The molecule has 2 rings (SSSR count). The van der Waals surface area contributed by atoms with E-state index in [2.05, 4.69) is 15.1 Å². The first kappa shape index (κ1) is 12.0. The molecule has 0 amide bonds. The molecule has 2 aromatic heterocycles. The molecule has 0 bridgehead atoms. The second-order valence-electron chi connectivity index (χ2n) is 3.83. The van der Waals surface area contributed by atoms with Crippen LogP contribution in [-0.4, -0.2) is 44.4 Å². The second kappa shape index (κ2) is 4.82. The number of aryl methyl sites for hydroxylation is 1. The van der Waals surface area contributed by atoms with Gasteiger partial charge in [-0.2, -0.15) is 5.10 Å². The Morgan fingerprint density at radius 2 is 2.28 bits per heavy atom. The molecule has 2 heterocycles. The SMILES string of the molecule is Cc1nc(N(C)CC(=O)O)cc(-n2cccn2)n1. The summed E-state index contributed by atoms with van der Waals surface area (Å²) in [5.74, 6) is 0.819. The minimum atomic E-state index is -0.908. The summed E-state index contributed by atoms with van der Waals surface area (Å²) < 4.78 is 1.60. The Labute approximate surface area is 104 Å². The molecule has 2 aromatic rings. The van der Waals surface area contributed by atoms with E-state index >= 15 is 0 Å². The van der Waals surface area contributed by atoms with Crippen molar-refractivity contribution in [1.29, 1.82) is 0 Å². The standard InChI is InChI=1S/C11H13N5O2/c1-8-13-9(15(2)7-11(17)18)6-10(14-8)16-5-3-4-12-16/h3-6H,7H2,1-2H3,(H,17,18). The van der Waals surface area contributed by atoms with Crippen molar-refractivity contribution in [2.45, 2.75) is 6.92 Å². The van der Waals surface area contributed by atoms with E-state index < -0.39 is 5.97 Å². The molecule has 0 radical (unpaired) electrons. The van der Waals surface area contributed by atoms with Gasteiger partial charge in [0, 0.05) is 25.5 Å². The first-order valence-corrected chi connectivity index (χ1v) is 5.35. The summed E-state index contributed by atoms with van der Waals surface area (Å²) in [5, 5.41) is 12.8. The van der Waals surface area contributed by atoms with Crippen LogP contribution in [0, 0.1) is 6.92 Å². The molecule has 0 aliphatic carbocycles. The van der Waals surface area contributed by atoms with Crippen LogP contribution in [0.2, 0.25) is 0 Å². The molecule has 0 aliphatic rings. The number of carboxylic acids is 1. The lowest BCUT2D eigenvalue weighted by atomic mass is 10.4. The Morgan fingerprint density at radius 1 is 1.50 bits per heavy atom. The summed E-state index contributed by atoms with van der Waals surface area (Å²) in [6.07, 6.45) is 3.42. The molecular weight excluding hydrogens is 234 g/mol. The van der Waals surface area contributed by atoms with Gasteiger partial charge in [0.25, 0.3) is 0 Å². The van der Waals surface area contributed by atoms with E-state index in [1.165, 1.54) is 0 Å². The number of aromatic nitrogens is 4. The number of likely N-dealkylation sites (N-methyl/N-ethyl adjacent to an activating group) is 1. The van der Waals surface area contributed by atoms with Crippen molar-refractivity contribution in [1.82, 2.24) is 19.7 Å². The van der Waals surface area contributed by atoms with Gasteiger partial charge in [0.15, 0.2) is 5.82 Å². The molecule has 1 N–H and O–H groups in total. The summed E-state index contributed by atoms with van der Waals surface area (Å²) in [4.78, 5) is 20.7. The maximum Gasteiger partial charge on any atom is 0.323 e. The zero-order valence-electron chi connectivity index (χ0n) is 10.1. The highest BCUT2D eigenvalue weighted by molar-refractivity contribution is 5.73. The number of hydrogen-bond acceptors (Lipinski definition) is 5. The number of aliphatic carboxylic acids is 1. The van der Waals surface area contributed by atoms with Crippen LogP contribution in [0.1, 0.15) is 5.82 Å². The van der Waals surface area contributed by atoms with Crippen molar-refractivity contribution in [3.05, 3.63) is 30.4 Å². The molecule has 94 valence electrons. The van der Waals surface area contributed by atoms with Crippen molar-refractivity contribution in [2.75, 3.05) is 18.5 Å². The van der Waals surface area contributed by atoms with Gasteiger partial charge >= 0.3 is 5.97 Å². The van der Waals surface area contributed by atoms with Crippen LogP contribution < -0.4 is 4.90 Å². The van der Waals surface area contributed by atoms with Crippen LogP contribution >= 0.6 is 0 Å². The maximum atomic E-state index is 10.7. The normalized spacial score (nSPS) is 10.3. The van der Waals surface area contributed by atoms with Gasteiger partial charge < -0.3 is 10.0 Å². The summed E-state index contributed by atoms with van der Waals surface area (Å²) >= 11 is 0. The van der Waals surface area contributed by atoms with Gasteiger partial charge in [0.05, 0.1) is 0 Å². The third-order valence-electron chi connectivity index (χ3n) is 2.31. The Hall–Kier alpha value is -2.44. The predicted octanol–water partition coefficient (Wildman–Crippen LogP) is 0.492. The number of nitrogens with zero attached hydrogens (tertiary/aromatic N) is 5. The van der Waals surface area contributed by atoms with E-state index in [4.69, 9.17) is 5.11 Å². The molecule has 7 heteroatoms. The van der Waals surface area contributed by atoms with E-state index in [1.54, 1.807) is 48.1 Å². The smallest absolute Gasteiger partial charge is 0.323 e. The van der Waals surface area contributed by atoms with Crippen LogP contribution in [-0.2, 0) is 4.79 Å². The minimum absolute atomic E-state index is 0.116. The molecule has 0 fully saturated rings. The summed E-state index contributed by atoms with van der Waals surface area (Å²) in [6, 6.07) is 3.49. The largest absolute Gasteiger partial charge is 0.480 e. The van der Waals surface area contributed by atoms with Crippen molar-refractivity contribution >= 4 is 11.8 Å². The molecule has 0 atom stereocenters. The lowest BCUT2D eigenvalue weighted by Crippen LogP contribution is -2.26. The topological polar surface area (TPSA) is 84.1 Å². The van der Waals surface area contributed by atoms with Crippen molar-refractivity contribution in [3.8, 4) is 5.82 Å². The molecule has 0 spiro atoms. The van der Waals surface area contributed by atoms with Crippen molar-refractivity contribution in [3.63, 3.8) is 0 Å². The third kappa shape index (κ3) is 2.62. The Balaban J connectivity index is 2.35. The van der Waals surface area contributed by atoms with Crippen LogP contribution in [0.25, 0.3) is 5.82 Å². The van der Waals surface area contributed by atoms with E-state index in [1.807, 2.05) is 0 Å².